The Balaban J connectivity index is 1.01. The normalized spacial score (nSPS) is 11.9. The van der Waals surface area contributed by atoms with Crippen molar-refractivity contribution >= 4 is 75.9 Å². The van der Waals surface area contributed by atoms with Gasteiger partial charge in [-0.2, -0.15) is 0 Å². The third-order valence-electron chi connectivity index (χ3n) is 12.7. The molecule has 4 nitrogen and oxygen atoms in total. The van der Waals surface area contributed by atoms with Crippen LogP contribution in [0.5, 0.6) is 0 Å². The van der Waals surface area contributed by atoms with Crippen molar-refractivity contribution in [2.24, 2.45) is 0 Å². The Morgan fingerprint density at radius 1 is 0.258 bits per heavy atom. The SMILES string of the molecule is c1ccc(-c2cc(-n3c4ccccc4c4cc(-c5ccc6c(c5)c5ccccc5n6-c5ccccc5)ccc43)nc(-c3ccc4c5ccccc5c5ccccc5c4c3)n2)cc1. The van der Waals surface area contributed by atoms with Crippen molar-refractivity contribution in [3.63, 3.8) is 0 Å². The minimum Gasteiger partial charge on any atom is -0.309 e. The molecule has 0 amide bonds. The Hall–Kier alpha value is -8.34. The number of rotatable bonds is 5. The minimum absolute atomic E-state index is 0.686. The predicted octanol–water partition coefficient (Wildman–Crippen LogP) is 15.1. The minimum atomic E-state index is 0.686. The highest BCUT2D eigenvalue weighted by Crippen LogP contribution is 2.40. The van der Waals surface area contributed by atoms with Gasteiger partial charge in [-0.15, -0.1) is 0 Å². The number of aromatic nitrogens is 4. The van der Waals surface area contributed by atoms with Crippen molar-refractivity contribution < 1.29 is 0 Å². The molecular weight excluding hydrogens is 753 g/mol. The molecule has 62 heavy (non-hydrogen) atoms. The summed E-state index contributed by atoms with van der Waals surface area (Å²) in [4.78, 5) is 10.7. The zero-order valence-corrected chi connectivity index (χ0v) is 33.6. The number of nitrogens with zero attached hydrogens (tertiary/aromatic N) is 4. The number of hydrogen-bond acceptors (Lipinski definition) is 2. The third-order valence-corrected chi connectivity index (χ3v) is 12.7. The second-order valence-corrected chi connectivity index (χ2v) is 16.2. The average Bonchev–Trinajstić information content (AvgIpc) is 3.86. The van der Waals surface area contributed by atoms with E-state index < -0.39 is 0 Å². The first-order valence-electron chi connectivity index (χ1n) is 21.2. The fourth-order valence-corrected chi connectivity index (χ4v) is 9.89. The molecule has 3 heterocycles. The molecule has 0 aliphatic rings. The molecule has 4 heteroatoms. The van der Waals surface area contributed by atoms with E-state index in [9.17, 15) is 0 Å². The van der Waals surface area contributed by atoms with Crippen LogP contribution in [0.1, 0.15) is 0 Å². The second-order valence-electron chi connectivity index (χ2n) is 16.2. The van der Waals surface area contributed by atoms with Crippen LogP contribution >= 0.6 is 0 Å². The Morgan fingerprint density at radius 3 is 1.31 bits per heavy atom. The Bertz CT molecular complexity index is 3880. The lowest BCUT2D eigenvalue weighted by atomic mass is 9.93. The molecule has 0 spiro atoms. The molecule has 13 rings (SSSR count). The first-order valence-corrected chi connectivity index (χ1v) is 21.2. The van der Waals surface area contributed by atoms with Crippen LogP contribution in [0.4, 0.5) is 0 Å². The van der Waals surface area contributed by atoms with Gasteiger partial charge in [0.05, 0.1) is 27.8 Å². The highest BCUT2D eigenvalue weighted by atomic mass is 15.1. The third kappa shape index (κ3) is 5.27. The van der Waals surface area contributed by atoms with E-state index in [4.69, 9.17) is 9.97 Å². The van der Waals surface area contributed by atoms with Gasteiger partial charge in [-0.3, -0.25) is 4.57 Å². The summed E-state index contributed by atoms with van der Waals surface area (Å²) >= 11 is 0. The number of benzene rings is 10. The molecule has 0 saturated carbocycles. The Morgan fingerprint density at radius 2 is 0.694 bits per heavy atom. The smallest absolute Gasteiger partial charge is 0.162 e. The van der Waals surface area contributed by atoms with E-state index in [1.54, 1.807) is 0 Å². The number of fused-ring (bicyclic) bond motifs is 12. The summed E-state index contributed by atoms with van der Waals surface area (Å²) in [6, 6.07) is 78.5. The summed E-state index contributed by atoms with van der Waals surface area (Å²) in [5.41, 5.74) is 11.0. The van der Waals surface area contributed by atoms with E-state index in [0.717, 1.165) is 39.4 Å². The molecule has 13 aromatic rings. The molecule has 3 aromatic heterocycles. The lowest BCUT2D eigenvalue weighted by Crippen LogP contribution is -2.02. The van der Waals surface area contributed by atoms with Crippen LogP contribution in [0.25, 0.3) is 121 Å². The highest BCUT2D eigenvalue weighted by Gasteiger charge is 2.19. The molecule has 0 aliphatic carbocycles. The van der Waals surface area contributed by atoms with Crippen LogP contribution in [-0.2, 0) is 0 Å². The zero-order valence-electron chi connectivity index (χ0n) is 33.6. The molecule has 0 unspecified atom stereocenters. The molecule has 10 aromatic carbocycles. The summed E-state index contributed by atoms with van der Waals surface area (Å²) in [6.07, 6.45) is 0. The van der Waals surface area contributed by atoms with E-state index in [-0.39, 0.29) is 0 Å². The largest absolute Gasteiger partial charge is 0.309 e. The van der Waals surface area contributed by atoms with Crippen LogP contribution in [0.2, 0.25) is 0 Å². The molecular formula is C58H36N4. The van der Waals surface area contributed by atoms with Gasteiger partial charge in [-0.05, 0) is 98.0 Å². The van der Waals surface area contributed by atoms with Gasteiger partial charge in [0, 0.05) is 44.4 Å². The van der Waals surface area contributed by atoms with Crippen LogP contribution in [0.3, 0.4) is 0 Å². The highest BCUT2D eigenvalue weighted by molar-refractivity contribution is 6.25. The van der Waals surface area contributed by atoms with Gasteiger partial charge in [0.15, 0.2) is 5.82 Å². The van der Waals surface area contributed by atoms with Gasteiger partial charge >= 0.3 is 0 Å². The molecule has 0 radical (unpaired) electrons. The fraction of sp³-hybridized carbons (Fsp3) is 0. The number of hydrogen-bond donors (Lipinski definition) is 0. The van der Waals surface area contributed by atoms with E-state index in [1.165, 1.54) is 76.0 Å². The topological polar surface area (TPSA) is 35.6 Å². The maximum absolute atomic E-state index is 5.44. The van der Waals surface area contributed by atoms with Crippen molar-refractivity contribution in [3.05, 3.63) is 218 Å². The monoisotopic (exact) mass is 788 g/mol. The second kappa shape index (κ2) is 13.6. The van der Waals surface area contributed by atoms with Crippen LogP contribution in [0.15, 0.2) is 218 Å². The maximum atomic E-state index is 5.44. The van der Waals surface area contributed by atoms with Gasteiger partial charge in [0.1, 0.15) is 5.82 Å². The van der Waals surface area contributed by atoms with Crippen molar-refractivity contribution in [2.45, 2.75) is 0 Å². The summed E-state index contributed by atoms with van der Waals surface area (Å²) in [5.74, 6) is 1.51. The van der Waals surface area contributed by atoms with Gasteiger partial charge in [-0.1, -0.05) is 158 Å². The Kier molecular flexibility index (Phi) is 7.57. The van der Waals surface area contributed by atoms with Crippen molar-refractivity contribution in [1.82, 2.24) is 19.1 Å². The van der Waals surface area contributed by atoms with Crippen LogP contribution in [0, 0.1) is 0 Å². The zero-order chi connectivity index (χ0) is 40.7. The van der Waals surface area contributed by atoms with E-state index >= 15 is 0 Å². The summed E-state index contributed by atoms with van der Waals surface area (Å²) in [7, 11) is 0. The Labute approximate surface area is 357 Å². The van der Waals surface area contributed by atoms with Gasteiger partial charge < -0.3 is 4.57 Å². The summed E-state index contributed by atoms with van der Waals surface area (Å²) in [6.45, 7) is 0. The standard InChI is InChI=1S/C58H36N4/c1-3-15-37(16-4-1)52-36-57(60-58(59-52)40-27-30-46-44-21-8-7-19-42(44)43-20-9-10-22-45(43)49(46)35-40)62-54-26-14-12-24-48(54)51-34-39(29-32-56(51)62)38-28-31-55-50(33-38)47-23-11-13-25-53(47)61(55)41-17-5-2-6-18-41/h1-36H. The van der Waals surface area contributed by atoms with Crippen molar-refractivity contribution in [2.75, 3.05) is 0 Å². The molecule has 288 valence electrons. The number of para-hydroxylation sites is 3. The average molecular weight is 789 g/mol. The van der Waals surface area contributed by atoms with Crippen molar-refractivity contribution in [3.8, 4) is 45.3 Å². The summed E-state index contributed by atoms with van der Waals surface area (Å²) in [5, 5.41) is 12.2. The summed E-state index contributed by atoms with van der Waals surface area (Å²) < 4.78 is 4.68. The fourth-order valence-electron chi connectivity index (χ4n) is 9.89. The molecule has 0 N–H and O–H groups in total. The quantitative estimate of drug-likeness (QED) is 0.163. The van der Waals surface area contributed by atoms with Crippen LogP contribution in [-0.4, -0.2) is 19.1 Å². The van der Waals surface area contributed by atoms with Gasteiger partial charge in [0.2, 0.25) is 0 Å². The lowest BCUT2D eigenvalue weighted by Gasteiger charge is -2.14. The van der Waals surface area contributed by atoms with Gasteiger partial charge in [-0.25, -0.2) is 9.97 Å². The van der Waals surface area contributed by atoms with E-state index in [1.807, 2.05) is 0 Å². The first kappa shape index (κ1) is 34.5. The van der Waals surface area contributed by atoms with E-state index in [0.29, 0.717) is 5.82 Å². The molecule has 0 aliphatic heterocycles. The molecule has 0 saturated heterocycles. The van der Waals surface area contributed by atoms with Crippen molar-refractivity contribution in [1.29, 1.82) is 0 Å². The predicted molar refractivity (Wildman–Crippen MR) is 260 cm³/mol. The molecule has 0 fully saturated rings. The van der Waals surface area contributed by atoms with E-state index in [2.05, 4.69) is 228 Å². The van der Waals surface area contributed by atoms with Gasteiger partial charge in [0.25, 0.3) is 0 Å². The lowest BCUT2D eigenvalue weighted by molar-refractivity contribution is 1.05. The molecule has 0 bridgehead atoms. The first-order chi connectivity index (χ1) is 30.7. The maximum Gasteiger partial charge on any atom is 0.162 e. The molecule has 0 atom stereocenters. The van der Waals surface area contributed by atoms with Crippen LogP contribution < -0.4 is 0 Å².